The quantitative estimate of drug-likeness (QED) is 0.850. The van der Waals surface area contributed by atoms with Gasteiger partial charge in [-0.05, 0) is 51.6 Å². The normalized spacial score (nSPS) is 20.4. The van der Waals surface area contributed by atoms with Gasteiger partial charge in [0.25, 0.3) is 0 Å². The van der Waals surface area contributed by atoms with Gasteiger partial charge in [-0.3, -0.25) is 4.68 Å². The summed E-state index contributed by atoms with van der Waals surface area (Å²) < 4.78 is 2.22. The van der Waals surface area contributed by atoms with E-state index in [4.69, 9.17) is 5.10 Å². The van der Waals surface area contributed by atoms with E-state index in [1.807, 2.05) is 7.05 Å². The fourth-order valence-electron chi connectivity index (χ4n) is 3.20. The molecule has 1 saturated carbocycles. The summed E-state index contributed by atoms with van der Waals surface area (Å²) in [5.74, 6) is 0.692. The highest BCUT2D eigenvalue weighted by Gasteiger charge is 2.16. The van der Waals surface area contributed by atoms with Crippen LogP contribution in [0.5, 0.6) is 0 Å². The predicted octanol–water partition coefficient (Wildman–Crippen LogP) is 3.56. The zero-order chi connectivity index (χ0) is 13.7. The van der Waals surface area contributed by atoms with E-state index in [9.17, 15) is 0 Å². The lowest BCUT2D eigenvalue weighted by molar-refractivity contribution is 0.327. The van der Waals surface area contributed by atoms with E-state index >= 15 is 0 Å². The molecule has 1 aliphatic carbocycles. The first-order valence-electron chi connectivity index (χ1n) is 7.90. The number of hydrogen-bond acceptors (Lipinski definition) is 2. The largest absolute Gasteiger partial charge is 0.317 e. The van der Waals surface area contributed by atoms with Crippen LogP contribution < -0.4 is 5.32 Å². The van der Waals surface area contributed by atoms with Crippen LogP contribution in [0.2, 0.25) is 0 Å². The average Bonchev–Trinajstić information content (AvgIpc) is 2.88. The smallest absolute Gasteiger partial charge is 0.0627 e. The molecule has 2 rings (SSSR count). The minimum atomic E-state index is 0.593. The maximum absolute atomic E-state index is 4.80. The second kappa shape index (κ2) is 7.09. The van der Waals surface area contributed by atoms with Crippen LogP contribution in [0.15, 0.2) is 12.3 Å². The molecule has 0 spiro atoms. The van der Waals surface area contributed by atoms with Crippen molar-refractivity contribution in [3.8, 4) is 0 Å². The van der Waals surface area contributed by atoms with Gasteiger partial charge in [0, 0.05) is 12.2 Å². The summed E-state index contributed by atoms with van der Waals surface area (Å²) in [7, 11) is 2.04. The van der Waals surface area contributed by atoms with E-state index in [0.717, 1.165) is 6.42 Å². The van der Waals surface area contributed by atoms with E-state index in [-0.39, 0.29) is 0 Å². The molecule has 1 aromatic rings. The molecule has 0 aromatic carbocycles. The highest BCUT2D eigenvalue weighted by molar-refractivity contribution is 5.01. The van der Waals surface area contributed by atoms with Crippen molar-refractivity contribution in [3.05, 3.63) is 18.0 Å². The second-order valence-electron chi connectivity index (χ2n) is 6.31. The van der Waals surface area contributed by atoms with E-state index in [2.05, 4.69) is 36.1 Å². The lowest BCUT2D eigenvalue weighted by atomic mass is 9.96. The van der Waals surface area contributed by atoms with E-state index < -0.39 is 0 Å². The molecule has 1 heterocycles. The number of nitrogens with zero attached hydrogens (tertiary/aromatic N) is 2. The summed E-state index contributed by atoms with van der Waals surface area (Å²) >= 11 is 0. The van der Waals surface area contributed by atoms with Crippen LogP contribution in [-0.4, -0.2) is 22.9 Å². The van der Waals surface area contributed by atoms with Crippen LogP contribution in [0.4, 0.5) is 0 Å². The number of hydrogen-bond donors (Lipinski definition) is 1. The lowest BCUT2D eigenvalue weighted by Gasteiger charge is -2.22. The number of aromatic nitrogens is 2. The number of rotatable bonds is 6. The molecule has 1 fully saturated rings. The van der Waals surface area contributed by atoms with Gasteiger partial charge < -0.3 is 5.32 Å². The van der Waals surface area contributed by atoms with E-state index in [1.165, 1.54) is 44.2 Å². The minimum Gasteiger partial charge on any atom is -0.317 e. The fraction of sp³-hybridized carbons (Fsp3) is 0.812. The van der Waals surface area contributed by atoms with Crippen LogP contribution in [0.3, 0.4) is 0 Å². The average molecular weight is 263 g/mol. The van der Waals surface area contributed by atoms with Crippen molar-refractivity contribution < 1.29 is 0 Å². The number of nitrogens with one attached hydrogen (secondary N) is 1. The first kappa shape index (κ1) is 14.6. The van der Waals surface area contributed by atoms with Crippen LogP contribution in [0.1, 0.15) is 64.1 Å². The summed E-state index contributed by atoms with van der Waals surface area (Å²) in [6, 6.07) is 3.47. The van der Waals surface area contributed by atoms with Crippen molar-refractivity contribution in [2.75, 3.05) is 7.05 Å². The third kappa shape index (κ3) is 4.34. The van der Waals surface area contributed by atoms with Crippen LogP contribution >= 0.6 is 0 Å². The molecule has 0 bridgehead atoms. The molecule has 0 saturated heterocycles. The third-order valence-electron chi connectivity index (χ3n) is 4.42. The minimum absolute atomic E-state index is 0.593. The topological polar surface area (TPSA) is 29.9 Å². The molecule has 1 N–H and O–H groups in total. The van der Waals surface area contributed by atoms with Gasteiger partial charge in [0.2, 0.25) is 0 Å². The zero-order valence-corrected chi connectivity index (χ0v) is 12.7. The van der Waals surface area contributed by atoms with Crippen molar-refractivity contribution in [1.29, 1.82) is 0 Å². The Hall–Kier alpha value is -0.830. The Labute approximate surface area is 117 Å². The Bertz CT molecular complexity index is 366. The van der Waals surface area contributed by atoms with Gasteiger partial charge in [-0.25, -0.2) is 0 Å². The van der Waals surface area contributed by atoms with Gasteiger partial charge in [-0.15, -0.1) is 0 Å². The summed E-state index contributed by atoms with van der Waals surface area (Å²) in [6.45, 7) is 4.57. The molecule has 3 heteroatoms. The predicted molar refractivity (Wildman–Crippen MR) is 80.4 cm³/mol. The Morgan fingerprint density at radius 1 is 1.32 bits per heavy atom. The molecule has 0 radical (unpaired) electrons. The Balaban J connectivity index is 1.86. The fourth-order valence-corrected chi connectivity index (χ4v) is 3.20. The van der Waals surface area contributed by atoms with Crippen molar-refractivity contribution >= 4 is 0 Å². The van der Waals surface area contributed by atoms with Gasteiger partial charge >= 0.3 is 0 Å². The molecule has 2 unspecified atom stereocenters. The third-order valence-corrected chi connectivity index (χ3v) is 4.42. The van der Waals surface area contributed by atoms with E-state index in [1.54, 1.807) is 0 Å². The van der Waals surface area contributed by atoms with Crippen molar-refractivity contribution in [1.82, 2.24) is 15.1 Å². The Morgan fingerprint density at radius 3 is 2.74 bits per heavy atom. The van der Waals surface area contributed by atoms with Gasteiger partial charge in [-0.2, -0.15) is 5.10 Å². The molecule has 1 aliphatic rings. The zero-order valence-electron chi connectivity index (χ0n) is 12.7. The monoisotopic (exact) mass is 263 g/mol. The first-order chi connectivity index (χ1) is 9.19. The van der Waals surface area contributed by atoms with E-state index in [0.29, 0.717) is 18.0 Å². The maximum Gasteiger partial charge on any atom is 0.0627 e. The Kier molecular flexibility index (Phi) is 5.44. The molecule has 3 nitrogen and oxygen atoms in total. The van der Waals surface area contributed by atoms with Crippen LogP contribution in [0, 0.1) is 5.92 Å². The van der Waals surface area contributed by atoms with Crippen LogP contribution in [-0.2, 0) is 6.42 Å². The highest BCUT2D eigenvalue weighted by atomic mass is 15.3. The molecular formula is C16H29N3. The first-order valence-corrected chi connectivity index (χ1v) is 7.90. The highest BCUT2D eigenvalue weighted by Crippen LogP contribution is 2.27. The van der Waals surface area contributed by atoms with Crippen LogP contribution in [0.25, 0.3) is 0 Å². The molecular weight excluding hydrogens is 234 g/mol. The summed E-state index contributed by atoms with van der Waals surface area (Å²) in [4.78, 5) is 0. The second-order valence-corrected chi connectivity index (χ2v) is 6.31. The van der Waals surface area contributed by atoms with Gasteiger partial charge in [0.05, 0.1) is 11.7 Å². The van der Waals surface area contributed by atoms with Gasteiger partial charge in [0.1, 0.15) is 0 Å². The summed E-state index contributed by atoms with van der Waals surface area (Å²) in [5.41, 5.74) is 1.27. The van der Waals surface area contributed by atoms with Crippen molar-refractivity contribution in [2.24, 2.45) is 5.92 Å². The van der Waals surface area contributed by atoms with Crippen molar-refractivity contribution in [3.63, 3.8) is 0 Å². The van der Waals surface area contributed by atoms with Crippen molar-refractivity contribution in [2.45, 2.75) is 70.9 Å². The molecule has 2 atom stereocenters. The molecule has 19 heavy (non-hydrogen) atoms. The molecule has 108 valence electrons. The SMILES string of the molecule is CNC(C)CC(C)Cc1ccn(C2CCCCC2)n1. The summed E-state index contributed by atoms with van der Waals surface area (Å²) in [6.07, 6.45) is 11.3. The maximum atomic E-state index is 4.80. The molecule has 1 aromatic heterocycles. The van der Waals surface area contributed by atoms with Gasteiger partial charge in [0.15, 0.2) is 0 Å². The standard InChI is InChI=1S/C16H29N3/c1-13(11-14(2)17-3)12-15-9-10-19(18-15)16-7-5-4-6-8-16/h9-10,13-14,16-17H,4-8,11-12H2,1-3H3. The molecule has 0 aliphatic heterocycles. The molecule has 0 amide bonds. The Morgan fingerprint density at radius 2 is 2.05 bits per heavy atom. The van der Waals surface area contributed by atoms with Gasteiger partial charge in [-0.1, -0.05) is 26.2 Å². The summed E-state index contributed by atoms with van der Waals surface area (Å²) in [5, 5.41) is 8.12. The lowest BCUT2D eigenvalue weighted by Crippen LogP contribution is -2.24.